The van der Waals surface area contributed by atoms with Crippen molar-refractivity contribution in [1.82, 2.24) is 0 Å². The largest absolute Gasteiger partial charge is 0.466 e. The molecule has 0 N–H and O–H groups in total. The van der Waals surface area contributed by atoms with Gasteiger partial charge in [-0.05, 0) is 48.5 Å². The van der Waals surface area contributed by atoms with Crippen molar-refractivity contribution in [3.8, 4) is 0 Å². The van der Waals surface area contributed by atoms with Gasteiger partial charge < -0.3 is 4.74 Å². The van der Waals surface area contributed by atoms with Gasteiger partial charge in [0, 0.05) is 0 Å². The predicted octanol–water partition coefficient (Wildman–Crippen LogP) is 3.40. The van der Waals surface area contributed by atoms with Gasteiger partial charge >= 0.3 is 5.97 Å². The molecule has 2 saturated carbocycles. The molecule has 6 atom stereocenters. The van der Waals surface area contributed by atoms with Crippen LogP contribution in [0.15, 0.2) is 42.5 Å². The molecule has 2 heteroatoms. The number of carbonyl (C=O) groups is 1. The van der Waals surface area contributed by atoms with Gasteiger partial charge in [0.1, 0.15) is 0 Å². The molecule has 0 aromatic heterocycles. The number of hydrogen-bond donors (Lipinski definition) is 0. The minimum atomic E-state index is 0.0332. The van der Waals surface area contributed by atoms with Crippen LogP contribution in [0.25, 0.3) is 0 Å². The molecule has 2 nitrogen and oxygen atoms in total. The fourth-order valence-electron chi connectivity index (χ4n) is 5.00. The molecule has 104 valence electrons. The summed E-state index contributed by atoms with van der Waals surface area (Å²) in [6.07, 6.45) is 5.78. The second-order valence-electron chi connectivity index (χ2n) is 6.31. The van der Waals surface area contributed by atoms with E-state index in [0.29, 0.717) is 36.2 Å². The van der Waals surface area contributed by atoms with Crippen molar-refractivity contribution < 1.29 is 9.53 Å². The fourth-order valence-corrected chi connectivity index (χ4v) is 5.00. The molecule has 0 unspecified atom stereocenters. The van der Waals surface area contributed by atoms with E-state index in [1.165, 1.54) is 5.56 Å². The van der Waals surface area contributed by atoms with Crippen LogP contribution in [-0.4, -0.2) is 12.6 Å². The summed E-state index contributed by atoms with van der Waals surface area (Å²) in [5, 5.41) is 0. The molecule has 2 fully saturated rings. The van der Waals surface area contributed by atoms with Crippen molar-refractivity contribution in [2.75, 3.05) is 6.61 Å². The van der Waals surface area contributed by atoms with E-state index in [-0.39, 0.29) is 11.9 Å². The summed E-state index contributed by atoms with van der Waals surface area (Å²) in [6.45, 7) is 2.39. The summed E-state index contributed by atoms with van der Waals surface area (Å²) in [4.78, 5) is 12.2. The van der Waals surface area contributed by atoms with E-state index in [1.54, 1.807) is 0 Å². The lowest BCUT2D eigenvalue weighted by Crippen LogP contribution is -2.33. The van der Waals surface area contributed by atoms with Gasteiger partial charge in [-0.15, -0.1) is 0 Å². The van der Waals surface area contributed by atoms with Gasteiger partial charge in [0.2, 0.25) is 0 Å². The average molecular weight is 268 g/mol. The topological polar surface area (TPSA) is 26.3 Å². The molecule has 0 aliphatic heterocycles. The highest BCUT2D eigenvalue weighted by Gasteiger charge is 2.62. The number of hydrogen-bond acceptors (Lipinski definition) is 2. The number of ether oxygens (including phenoxy) is 1. The summed E-state index contributed by atoms with van der Waals surface area (Å²) in [6, 6.07) is 10.8. The Labute approximate surface area is 119 Å². The zero-order valence-electron chi connectivity index (χ0n) is 11.7. The standard InChI is InChI=1S/C18H20O2/c1-2-20-18(19)17-13-9-8-12-15(17)10-14(16(12)13)11-6-4-3-5-7-11/h3-9,12-17H,2,10H2,1H3/t12-,13-,14+,15-,16+,17-/m1/s1. The molecule has 0 radical (unpaired) electrons. The number of carbonyl (C=O) groups excluding carboxylic acids is 1. The second kappa shape index (κ2) is 4.47. The van der Waals surface area contributed by atoms with Crippen LogP contribution >= 0.6 is 0 Å². The summed E-state index contributed by atoms with van der Waals surface area (Å²) in [5.74, 6) is 2.90. The summed E-state index contributed by atoms with van der Waals surface area (Å²) < 4.78 is 5.30. The van der Waals surface area contributed by atoms with E-state index < -0.39 is 0 Å². The monoisotopic (exact) mass is 268 g/mol. The summed E-state index contributed by atoms with van der Waals surface area (Å²) in [5.41, 5.74) is 1.45. The first-order valence-corrected chi connectivity index (χ1v) is 7.71. The lowest BCUT2D eigenvalue weighted by Gasteiger charge is -2.32. The molecule has 0 amide bonds. The van der Waals surface area contributed by atoms with Crippen LogP contribution in [0.4, 0.5) is 0 Å². The number of allylic oxidation sites excluding steroid dienone is 2. The normalized spacial score (nSPS) is 40.2. The molecule has 1 aromatic carbocycles. The summed E-state index contributed by atoms with van der Waals surface area (Å²) >= 11 is 0. The first-order chi connectivity index (χ1) is 9.81. The van der Waals surface area contributed by atoms with E-state index in [1.807, 2.05) is 6.92 Å². The van der Waals surface area contributed by atoms with Crippen molar-refractivity contribution >= 4 is 5.97 Å². The van der Waals surface area contributed by atoms with Gasteiger partial charge in [-0.1, -0.05) is 42.5 Å². The molecule has 4 rings (SSSR count). The van der Waals surface area contributed by atoms with Crippen molar-refractivity contribution in [2.45, 2.75) is 19.3 Å². The fraction of sp³-hybridized carbons (Fsp3) is 0.500. The summed E-state index contributed by atoms with van der Waals surface area (Å²) in [7, 11) is 0. The SMILES string of the molecule is CCOC(=O)[C@@H]1[C@@H]2C=C[C@@H]3[C@H]1C[C@@H](c1ccccc1)[C@@H]32. The molecular weight excluding hydrogens is 248 g/mol. The number of benzene rings is 1. The first kappa shape index (κ1) is 12.2. The van der Waals surface area contributed by atoms with E-state index in [0.717, 1.165) is 6.42 Å². The highest BCUT2D eigenvalue weighted by molar-refractivity contribution is 5.75. The maximum Gasteiger partial charge on any atom is 0.309 e. The number of esters is 1. The van der Waals surface area contributed by atoms with Crippen LogP contribution in [0.5, 0.6) is 0 Å². The second-order valence-corrected chi connectivity index (χ2v) is 6.31. The number of rotatable bonds is 3. The van der Waals surface area contributed by atoms with Crippen molar-refractivity contribution in [3.05, 3.63) is 48.0 Å². The van der Waals surface area contributed by atoms with Gasteiger partial charge in [0.25, 0.3) is 0 Å². The van der Waals surface area contributed by atoms with Crippen LogP contribution in [0.1, 0.15) is 24.8 Å². The lowest BCUT2D eigenvalue weighted by atomic mass is 9.72. The van der Waals surface area contributed by atoms with E-state index in [4.69, 9.17) is 4.74 Å². The highest BCUT2D eigenvalue weighted by Crippen LogP contribution is 2.65. The van der Waals surface area contributed by atoms with Gasteiger partial charge in [-0.25, -0.2) is 0 Å². The van der Waals surface area contributed by atoms with Crippen LogP contribution in [0.3, 0.4) is 0 Å². The van der Waals surface area contributed by atoms with Crippen LogP contribution in [-0.2, 0) is 9.53 Å². The van der Waals surface area contributed by atoms with E-state index in [2.05, 4.69) is 42.5 Å². The average Bonchev–Trinajstić information content (AvgIpc) is 3.13. The zero-order chi connectivity index (χ0) is 13.7. The van der Waals surface area contributed by atoms with E-state index in [9.17, 15) is 4.79 Å². The maximum atomic E-state index is 12.2. The van der Waals surface area contributed by atoms with Crippen molar-refractivity contribution in [1.29, 1.82) is 0 Å². The van der Waals surface area contributed by atoms with Crippen LogP contribution in [0, 0.1) is 29.6 Å². The Morgan fingerprint density at radius 2 is 1.95 bits per heavy atom. The predicted molar refractivity (Wildman–Crippen MR) is 77.0 cm³/mol. The molecule has 3 aliphatic rings. The van der Waals surface area contributed by atoms with Crippen molar-refractivity contribution in [3.63, 3.8) is 0 Å². The molecular formula is C18H20O2. The van der Waals surface area contributed by atoms with E-state index >= 15 is 0 Å². The maximum absolute atomic E-state index is 12.2. The van der Waals surface area contributed by atoms with Gasteiger partial charge in [-0.2, -0.15) is 0 Å². The highest BCUT2D eigenvalue weighted by atomic mass is 16.5. The molecule has 1 aromatic rings. The van der Waals surface area contributed by atoms with Crippen molar-refractivity contribution in [2.24, 2.45) is 29.6 Å². The third-order valence-corrected chi connectivity index (χ3v) is 5.59. The quantitative estimate of drug-likeness (QED) is 0.620. The van der Waals surface area contributed by atoms with Crippen LogP contribution < -0.4 is 0 Å². The molecule has 4 bridgehead atoms. The minimum Gasteiger partial charge on any atom is -0.466 e. The third kappa shape index (κ3) is 1.54. The molecule has 0 heterocycles. The Balaban J connectivity index is 1.62. The first-order valence-electron chi connectivity index (χ1n) is 7.71. The van der Waals surface area contributed by atoms with Gasteiger partial charge in [0.05, 0.1) is 12.5 Å². The molecule has 3 aliphatic carbocycles. The zero-order valence-corrected chi connectivity index (χ0v) is 11.7. The Hall–Kier alpha value is -1.57. The Morgan fingerprint density at radius 1 is 1.20 bits per heavy atom. The van der Waals surface area contributed by atoms with Gasteiger partial charge in [0.15, 0.2) is 0 Å². The van der Waals surface area contributed by atoms with Crippen LogP contribution in [0.2, 0.25) is 0 Å². The minimum absolute atomic E-state index is 0.0332. The molecule has 0 spiro atoms. The Bertz CT molecular complexity index is 548. The Morgan fingerprint density at radius 3 is 2.65 bits per heavy atom. The molecule has 0 saturated heterocycles. The molecule has 20 heavy (non-hydrogen) atoms. The smallest absolute Gasteiger partial charge is 0.309 e. The van der Waals surface area contributed by atoms with Gasteiger partial charge in [-0.3, -0.25) is 4.79 Å². The lowest BCUT2D eigenvalue weighted by molar-refractivity contribution is -0.151. The Kier molecular flexibility index (Phi) is 2.73. The third-order valence-electron chi connectivity index (χ3n) is 5.59.